The first kappa shape index (κ1) is 15.1. The van der Waals surface area contributed by atoms with Crippen molar-refractivity contribution >= 4 is 12.1 Å². The Bertz CT molecular complexity index is 397. The molecule has 1 saturated heterocycles. The van der Waals surface area contributed by atoms with Crippen LogP contribution < -0.4 is 0 Å². The normalized spacial score (nSPS) is 27.2. The van der Waals surface area contributed by atoms with E-state index in [-0.39, 0.29) is 17.9 Å². The molecule has 114 valence electrons. The first-order valence-electron chi connectivity index (χ1n) is 7.42. The number of carboxylic acids is 1. The van der Waals surface area contributed by atoms with Crippen LogP contribution in [0.5, 0.6) is 0 Å². The van der Waals surface area contributed by atoms with Gasteiger partial charge in [0.25, 0.3) is 0 Å². The molecule has 1 unspecified atom stereocenters. The van der Waals surface area contributed by atoms with E-state index in [1.54, 1.807) is 4.90 Å². The molecule has 1 aliphatic carbocycles. The van der Waals surface area contributed by atoms with Crippen molar-refractivity contribution in [2.24, 2.45) is 11.3 Å². The number of ether oxygens (including phenoxy) is 1. The van der Waals surface area contributed by atoms with Crippen molar-refractivity contribution in [3.05, 3.63) is 0 Å². The first-order chi connectivity index (χ1) is 9.22. The highest BCUT2D eigenvalue weighted by Crippen LogP contribution is 2.52. The predicted octanol–water partition coefficient (Wildman–Crippen LogP) is 2.89. The van der Waals surface area contributed by atoms with Crippen LogP contribution in [0.4, 0.5) is 4.79 Å². The van der Waals surface area contributed by atoms with E-state index in [1.165, 1.54) is 0 Å². The van der Waals surface area contributed by atoms with Gasteiger partial charge in [-0.2, -0.15) is 0 Å². The summed E-state index contributed by atoms with van der Waals surface area (Å²) in [4.78, 5) is 25.1. The third-order valence-corrected chi connectivity index (χ3v) is 4.21. The average molecular weight is 283 g/mol. The van der Waals surface area contributed by atoms with Crippen LogP contribution >= 0.6 is 0 Å². The zero-order chi connectivity index (χ0) is 15.0. The topological polar surface area (TPSA) is 66.8 Å². The lowest BCUT2D eigenvalue weighted by Crippen LogP contribution is -2.49. The van der Waals surface area contributed by atoms with Gasteiger partial charge < -0.3 is 14.7 Å². The fourth-order valence-corrected chi connectivity index (χ4v) is 3.26. The zero-order valence-corrected chi connectivity index (χ0v) is 12.6. The molecule has 0 radical (unpaired) electrons. The van der Waals surface area contributed by atoms with E-state index in [4.69, 9.17) is 4.74 Å². The molecule has 1 amide bonds. The Hall–Kier alpha value is -1.26. The fraction of sp³-hybridized carbons (Fsp3) is 0.867. The average Bonchev–Trinajstić information content (AvgIpc) is 3.09. The Morgan fingerprint density at radius 3 is 2.50 bits per heavy atom. The molecule has 0 aromatic heterocycles. The summed E-state index contributed by atoms with van der Waals surface area (Å²) in [5, 5.41) is 9.18. The number of aliphatic carboxylic acids is 1. The smallest absolute Gasteiger partial charge is 0.410 e. The molecule has 20 heavy (non-hydrogen) atoms. The standard InChI is InChI=1S/C15H25NO4/c1-14(2,3)20-13(19)16-8-4-7-15(10-16,9-12(17)18)11-5-6-11/h11H,4-10H2,1-3H3,(H,17,18). The zero-order valence-electron chi connectivity index (χ0n) is 12.6. The molecule has 2 rings (SSSR count). The van der Waals surface area contributed by atoms with Crippen molar-refractivity contribution in [2.45, 2.75) is 58.5 Å². The summed E-state index contributed by atoms with van der Waals surface area (Å²) in [6.45, 7) is 6.74. The van der Waals surface area contributed by atoms with Crippen molar-refractivity contribution in [2.75, 3.05) is 13.1 Å². The lowest BCUT2D eigenvalue weighted by atomic mass is 9.73. The van der Waals surface area contributed by atoms with Gasteiger partial charge in [-0.3, -0.25) is 4.79 Å². The quantitative estimate of drug-likeness (QED) is 0.864. The minimum absolute atomic E-state index is 0.164. The van der Waals surface area contributed by atoms with Gasteiger partial charge in [0.15, 0.2) is 0 Å². The van der Waals surface area contributed by atoms with E-state index >= 15 is 0 Å². The van der Waals surface area contributed by atoms with Crippen LogP contribution in [0.1, 0.15) is 52.9 Å². The van der Waals surface area contributed by atoms with Crippen LogP contribution in [0.15, 0.2) is 0 Å². The van der Waals surface area contributed by atoms with Gasteiger partial charge in [-0.15, -0.1) is 0 Å². The number of nitrogens with zero attached hydrogens (tertiary/aromatic N) is 1. The van der Waals surface area contributed by atoms with Gasteiger partial charge in [-0.05, 0) is 52.4 Å². The van der Waals surface area contributed by atoms with Gasteiger partial charge in [0.1, 0.15) is 5.60 Å². The van der Waals surface area contributed by atoms with Crippen LogP contribution in [0.25, 0.3) is 0 Å². The van der Waals surface area contributed by atoms with Gasteiger partial charge in [0, 0.05) is 18.5 Å². The lowest BCUT2D eigenvalue weighted by molar-refractivity contribution is -0.141. The highest BCUT2D eigenvalue weighted by atomic mass is 16.6. The molecule has 1 N–H and O–H groups in total. The first-order valence-corrected chi connectivity index (χ1v) is 7.42. The van der Waals surface area contributed by atoms with Crippen molar-refractivity contribution in [1.82, 2.24) is 4.90 Å². The van der Waals surface area contributed by atoms with Crippen molar-refractivity contribution in [1.29, 1.82) is 0 Å². The molecule has 1 atom stereocenters. The number of carbonyl (C=O) groups is 2. The SMILES string of the molecule is CC(C)(C)OC(=O)N1CCCC(CC(=O)O)(C2CC2)C1. The summed E-state index contributed by atoms with van der Waals surface area (Å²) < 4.78 is 5.42. The van der Waals surface area contributed by atoms with Crippen molar-refractivity contribution in [3.63, 3.8) is 0 Å². The molecular formula is C15H25NO4. The fourth-order valence-electron chi connectivity index (χ4n) is 3.26. The van der Waals surface area contributed by atoms with Gasteiger partial charge >= 0.3 is 12.1 Å². The maximum Gasteiger partial charge on any atom is 0.410 e. The Morgan fingerprint density at radius 2 is 2.00 bits per heavy atom. The maximum absolute atomic E-state index is 12.2. The molecule has 5 heteroatoms. The molecule has 1 aliphatic heterocycles. The van der Waals surface area contributed by atoms with Crippen molar-refractivity contribution < 1.29 is 19.4 Å². The van der Waals surface area contributed by atoms with E-state index in [0.29, 0.717) is 19.0 Å². The Kier molecular flexibility index (Phi) is 3.98. The van der Waals surface area contributed by atoms with Gasteiger partial charge in [0.05, 0.1) is 6.42 Å². The second-order valence-electron chi connectivity index (χ2n) is 7.21. The van der Waals surface area contributed by atoms with E-state index in [0.717, 1.165) is 25.7 Å². The highest BCUT2D eigenvalue weighted by molar-refractivity contribution is 5.70. The third-order valence-electron chi connectivity index (χ3n) is 4.21. The second-order valence-corrected chi connectivity index (χ2v) is 7.21. The Labute approximate surface area is 120 Å². The molecule has 2 aliphatic rings. The number of amides is 1. The Balaban J connectivity index is 2.06. The third kappa shape index (κ3) is 3.64. The molecule has 0 aromatic rings. The van der Waals surface area contributed by atoms with Crippen LogP contribution in [0.3, 0.4) is 0 Å². The number of hydrogen-bond acceptors (Lipinski definition) is 3. The van der Waals surface area contributed by atoms with Gasteiger partial charge in [0.2, 0.25) is 0 Å². The molecule has 1 saturated carbocycles. The number of piperidine rings is 1. The summed E-state index contributed by atoms with van der Waals surface area (Å²) in [6.07, 6.45) is 3.81. The summed E-state index contributed by atoms with van der Waals surface area (Å²) in [5.41, 5.74) is -0.745. The monoisotopic (exact) mass is 283 g/mol. The van der Waals surface area contributed by atoms with Crippen LogP contribution in [-0.2, 0) is 9.53 Å². The number of rotatable bonds is 3. The number of likely N-dealkylation sites (tertiary alicyclic amines) is 1. The van der Waals surface area contributed by atoms with Gasteiger partial charge in [-0.25, -0.2) is 4.79 Å². The van der Waals surface area contributed by atoms with Crippen molar-refractivity contribution in [3.8, 4) is 0 Å². The summed E-state index contributed by atoms with van der Waals surface area (Å²) in [6, 6.07) is 0. The number of carboxylic acid groups (broad SMARTS) is 1. The van der Waals surface area contributed by atoms with Gasteiger partial charge in [-0.1, -0.05) is 0 Å². The molecule has 0 aromatic carbocycles. The minimum Gasteiger partial charge on any atom is -0.481 e. The van der Waals surface area contributed by atoms with E-state index < -0.39 is 11.6 Å². The van der Waals surface area contributed by atoms with Crippen LogP contribution in [-0.4, -0.2) is 40.8 Å². The summed E-state index contributed by atoms with van der Waals surface area (Å²) >= 11 is 0. The molecule has 2 fully saturated rings. The lowest BCUT2D eigenvalue weighted by Gasteiger charge is -2.42. The summed E-state index contributed by atoms with van der Waals surface area (Å²) in [5.74, 6) is -0.299. The van der Waals surface area contributed by atoms with Crippen LogP contribution in [0, 0.1) is 11.3 Å². The highest BCUT2D eigenvalue weighted by Gasteiger charge is 2.49. The maximum atomic E-state index is 12.2. The number of carbonyl (C=O) groups excluding carboxylic acids is 1. The molecular weight excluding hydrogens is 258 g/mol. The molecule has 0 bridgehead atoms. The van der Waals surface area contributed by atoms with E-state index in [1.807, 2.05) is 20.8 Å². The molecule has 5 nitrogen and oxygen atoms in total. The largest absolute Gasteiger partial charge is 0.481 e. The second kappa shape index (κ2) is 5.26. The summed E-state index contributed by atoms with van der Waals surface area (Å²) in [7, 11) is 0. The predicted molar refractivity (Wildman–Crippen MR) is 74.5 cm³/mol. The number of hydrogen-bond donors (Lipinski definition) is 1. The minimum atomic E-state index is -0.761. The van der Waals surface area contributed by atoms with Crippen LogP contribution in [0.2, 0.25) is 0 Å². The van der Waals surface area contributed by atoms with E-state index in [2.05, 4.69) is 0 Å². The molecule has 0 spiro atoms. The van der Waals surface area contributed by atoms with E-state index in [9.17, 15) is 14.7 Å². The Morgan fingerprint density at radius 1 is 1.35 bits per heavy atom. The molecule has 1 heterocycles.